The minimum atomic E-state index is -0.0251. The summed E-state index contributed by atoms with van der Waals surface area (Å²) < 4.78 is 2.42. The van der Waals surface area contributed by atoms with Crippen LogP contribution < -0.4 is 0 Å². The van der Waals surface area contributed by atoms with Crippen molar-refractivity contribution in [2.24, 2.45) is 0 Å². The molecule has 0 radical (unpaired) electrons. The number of fused-ring (bicyclic) bond motifs is 8. The third-order valence-electron chi connectivity index (χ3n) is 7.34. The Bertz CT molecular complexity index is 1680. The van der Waals surface area contributed by atoms with Crippen molar-refractivity contribution in [1.82, 2.24) is 4.57 Å². The standard InChI is InChI=1S/C31H23N/c1-31(2)27-14-8-6-12-22(27)24-17-16-20-18-26-23-13-7-9-15-28(23)32(21-10-4-3-5-11-21)29(26)19-25(20)30(24)31/h3-19H,1-2H3. The second kappa shape index (κ2) is 6.11. The molecule has 0 aliphatic heterocycles. The van der Waals surface area contributed by atoms with E-state index in [-0.39, 0.29) is 5.41 Å². The van der Waals surface area contributed by atoms with E-state index >= 15 is 0 Å². The van der Waals surface area contributed by atoms with E-state index in [0.717, 1.165) is 0 Å². The zero-order valence-electron chi connectivity index (χ0n) is 18.3. The molecule has 5 aromatic carbocycles. The van der Waals surface area contributed by atoms with Crippen LogP contribution in [0.4, 0.5) is 0 Å². The third kappa shape index (κ3) is 2.18. The van der Waals surface area contributed by atoms with Gasteiger partial charge in [0.1, 0.15) is 0 Å². The fourth-order valence-corrected chi connectivity index (χ4v) is 5.94. The molecule has 1 aliphatic carbocycles. The first-order valence-electron chi connectivity index (χ1n) is 11.3. The van der Waals surface area contributed by atoms with E-state index in [9.17, 15) is 0 Å². The van der Waals surface area contributed by atoms with Gasteiger partial charge in [0.15, 0.2) is 0 Å². The van der Waals surface area contributed by atoms with Crippen LogP contribution in [-0.2, 0) is 5.41 Å². The number of rotatable bonds is 1. The lowest BCUT2D eigenvalue weighted by Crippen LogP contribution is -2.15. The number of hydrogen-bond donors (Lipinski definition) is 0. The summed E-state index contributed by atoms with van der Waals surface area (Å²) in [6.07, 6.45) is 0. The minimum absolute atomic E-state index is 0.0251. The van der Waals surface area contributed by atoms with Crippen LogP contribution in [0, 0.1) is 0 Å². The molecule has 0 spiro atoms. The highest BCUT2D eigenvalue weighted by Crippen LogP contribution is 2.51. The van der Waals surface area contributed by atoms with Crippen molar-refractivity contribution in [2.75, 3.05) is 0 Å². The van der Waals surface area contributed by atoms with E-state index in [0.29, 0.717) is 0 Å². The Morgan fingerprint density at radius 2 is 1.31 bits per heavy atom. The summed E-state index contributed by atoms with van der Waals surface area (Å²) in [6.45, 7) is 4.74. The van der Waals surface area contributed by atoms with E-state index in [2.05, 4.69) is 122 Å². The highest BCUT2D eigenvalue weighted by atomic mass is 15.0. The van der Waals surface area contributed by atoms with Gasteiger partial charge in [-0.1, -0.05) is 86.6 Å². The van der Waals surface area contributed by atoms with E-state index in [4.69, 9.17) is 0 Å². The summed E-state index contributed by atoms with van der Waals surface area (Å²) in [7, 11) is 0. The van der Waals surface area contributed by atoms with Crippen LogP contribution >= 0.6 is 0 Å². The molecule has 0 saturated carbocycles. The van der Waals surface area contributed by atoms with Gasteiger partial charge in [0, 0.05) is 21.9 Å². The largest absolute Gasteiger partial charge is 0.309 e. The fraction of sp³-hybridized carbons (Fsp3) is 0.0968. The van der Waals surface area contributed by atoms with Crippen LogP contribution in [0.1, 0.15) is 25.0 Å². The lowest BCUT2D eigenvalue weighted by Gasteiger charge is -2.23. The Morgan fingerprint density at radius 3 is 2.19 bits per heavy atom. The van der Waals surface area contributed by atoms with Crippen LogP contribution in [0.5, 0.6) is 0 Å². The van der Waals surface area contributed by atoms with Crippen molar-refractivity contribution in [3.63, 3.8) is 0 Å². The molecule has 0 bridgehead atoms. The first-order valence-corrected chi connectivity index (χ1v) is 11.3. The van der Waals surface area contributed by atoms with Gasteiger partial charge in [-0.2, -0.15) is 0 Å². The predicted molar refractivity (Wildman–Crippen MR) is 136 cm³/mol. The quantitative estimate of drug-likeness (QED) is 0.258. The number of aromatic nitrogens is 1. The van der Waals surface area contributed by atoms with Crippen molar-refractivity contribution < 1.29 is 0 Å². The molecule has 0 unspecified atom stereocenters. The van der Waals surface area contributed by atoms with Gasteiger partial charge in [0.2, 0.25) is 0 Å². The molecule has 0 N–H and O–H groups in total. The smallest absolute Gasteiger partial charge is 0.0547 e. The summed E-state index contributed by atoms with van der Waals surface area (Å²) in [5.74, 6) is 0. The van der Waals surface area contributed by atoms with Gasteiger partial charge >= 0.3 is 0 Å². The lowest BCUT2D eigenvalue weighted by molar-refractivity contribution is 0.666. The Kier molecular flexibility index (Phi) is 3.40. The van der Waals surface area contributed by atoms with E-state index in [1.165, 1.54) is 60.5 Å². The van der Waals surface area contributed by atoms with Crippen LogP contribution in [0.2, 0.25) is 0 Å². The normalized spacial score (nSPS) is 14.2. The highest BCUT2D eigenvalue weighted by Gasteiger charge is 2.36. The first-order chi connectivity index (χ1) is 15.6. The van der Waals surface area contributed by atoms with E-state index in [1.807, 2.05) is 0 Å². The molecule has 0 fully saturated rings. The molecular formula is C31H23N. The van der Waals surface area contributed by atoms with Crippen molar-refractivity contribution >= 4 is 32.6 Å². The predicted octanol–water partition coefficient (Wildman–Crippen LogP) is 8.24. The van der Waals surface area contributed by atoms with Gasteiger partial charge in [-0.25, -0.2) is 0 Å². The molecular weight excluding hydrogens is 386 g/mol. The fourth-order valence-electron chi connectivity index (χ4n) is 5.94. The summed E-state index contributed by atoms with van der Waals surface area (Å²) >= 11 is 0. The average molecular weight is 410 g/mol. The number of para-hydroxylation sites is 2. The molecule has 1 aliphatic rings. The Labute approximate surface area is 187 Å². The Hall–Kier alpha value is -3.84. The van der Waals surface area contributed by atoms with Gasteiger partial charge < -0.3 is 4.57 Å². The summed E-state index contributed by atoms with van der Waals surface area (Å²) in [5.41, 5.74) is 9.32. The Morgan fingerprint density at radius 1 is 0.562 bits per heavy atom. The maximum atomic E-state index is 2.43. The van der Waals surface area contributed by atoms with Crippen LogP contribution in [0.3, 0.4) is 0 Å². The molecule has 1 nitrogen and oxygen atoms in total. The monoisotopic (exact) mass is 409 g/mol. The van der Waals surface area contributed by atoms with Crippen molar-refractivity contribution in [3.8, 4) is 16.8 Å². The maximum absolute atomic E-state index is 2.43. The first kappa shape index (κ1) is 17.8. The second-order valence-corrected chi connectivity index (χ2v) is 9.44. The minimum Gasteiger partial charge on any atom is -0.309 e. The Balaban J connectivity index is 1.66. The molecule has 152 valence electrons. The summed E-state index contributed by atoms with van der Waals surface area (Å²) in [6, 6.07) is 37.8. The molecule has 1 aromatic heterocycles. The topological polar surface area (TPSA) is 4.93 Å². The molecule has 0 atom stereocenters. The molecule has 7 rings (SSSR count). The SMILES string of the molecule is CC1(C)c2ccccc2-c2ccc3cc4c5ccccc5n(-c5ccccc5)c4cc3c21. The van der Waals surface area contributed by atoms with Crippen molar-refractivity contribution in [3.05, 3.63) is 114 Å². The van der Waals surface area contributed by atoms with Crippen molar-refractivity contribution in [2.45, 2.75) is 19.3 Å². The molecule has 32 heavy (non-hydrogen) atoms. The number of benzene rings is 5. The molecule has 6 aromatic rings. The van der Waals surface area contributed by atoms with E-state index < -0.39 is 0 Å². The second-order valence-electron chi connectivity index (χ2n) is 9.44. The average Bonchev–Trinajstić information content (AvgIpc) is 3.27. The molecule has 0 amide bonds. The summed E-state index contributed by atoms with van der Waals surface area (Å²) in [5, 5.41) is 5.28. The highest BCUT2D eigenvalue weighted by molar-refractivity contribution is 6.15. The van der Waals surface area contributed by atoms with Gasteiger partial charge in [0.25, 0.3) is 0 Å². The van der Waals surface area contributed by atoms with Crippen LogP contribution in [0.15, 0.2) is 103 Å². The number of hydrogen-bond acceptors (Lipinski definition) is 0. The molecule has 1 heteroatoms. The number of nitrogens with zero attached hydrogens (tertiary/aromatic N) is 1. The maximum Gasteiger partial charge on any atom is 0.0547 e. The van der Waals surface area contributed by atoms with Crippen LogP contribution in [0.25, 0.3) is 49.4 Å². The zero-order chi connectivity index (χ0) is 21.4. The van der Waals surface area contributed by atoms with Gasteiger partial charge in [-0.15, -0.1) is 0 Å². The summed E-state index contributed by atoms with van der Waals surface area (Å²) in [4.78, 5) is 0. The zero-order valence-corrected chi connectivity index (χ0v) is 18.3. The lowest BCUT2D eigenvalue weighted by atomic mass is 9.80. The van der Waals surface area contributed by atoms with E-state index in [1.54, 1.807) is 0 Å². The molecule has 1 heterocycles. The van der Waals surface area contributed by atoms with Gasteiger partial charge in [-0.3, -0.25) is 0 Å². The molecule has 0 saturated heterocycles. The van der Waals surface area contributed by atoms with Crippen molar-refractivity contribution in [1.29, 1.82) is 0 Å². The van der Waals surface area contributed by atoms with Gasteiger partial charge in [-0.05, 0) is 63.4 Å². The van der Waals surface area contributed by atoms with Gasteiger partial charge in [0.05, 0.1) is 11.0 Å². The third-order valence-corrected chi connectivity index (χ3v) is 7.34. The van der Waals surface area contributed by atoms with Crippen LogP contribution in [-0.4, -0.2) is 4.57 Å².